The Bertz CT molecular complexity index is 1160. The lowest BCUT2D eigenvalue weighted by atomic mass is 9.82. The molecule has 1 fully saturated rings. The average Bonchev–Trinajstić information content (AvgIpc) is 3.22. The van der Waals surface area contributed by atoms with Crippen molar-refractivity contribution in [1.82, 2.24) is 34.3 Å². The molecule has 0 aromatic carbocycles. The maximum Gasteiger partial charge on any atom is 0.229 e. The van der Waals surface area contributed by atoms with Gasteiger partial charge in [0.05, 0.1) is 29.1 Å². The first kappa shape index (κ1) is 17.1. The van der Waals surface area contributed by atoms with Gasteiger partial charge >= 0.3 is 0 Å². The van der Waals surface area contributed by atoms with Gasteiger partial charge in [0.15, 0.2) is 11.3 Å². The predicted molar refractivity (Wildman–Crippen MR) is 105 cm³/mol. The second-order valence-electron chi connectivity index (χ2n) is 7.45. The zero-order valence-corrected chi connectivity index (χ0v) is 16.1. The van der Waals surface area contributed by atoms with Gasteiger partial charge in [-0.15, -0.1) is 0 Å². The van der Waals surface area contributed by atoms with Crippen LogP contribution in [0.2, 0.25) is 0 Å². The molecule has 0 atom stereocenters. The largest absolute Gasteiger partial charge is 0.381 e. The van der Waals surface area contributed by atoms with Crippen molar-refractivity contribution in [3.8, 4) is 0 Å². The number of rotatable bonds is 5. The number of fused-ring (bicyclic) bond motifs is 2. The fourth-order valence-corrected chi connectivity index (χ4v) is 3.76. The Morgan fingerprint density at radius 2 is 2.11 bits per heavy atom. The van der Waals surface area contributed by atoms with Crippen molar-refractivity contribution in [3.05, 3.63) is 36.0 Å². The second-order valence-corrected chi connectivity index (χ2v) is 7.45. The molecule has 4 aromatic rings. The highest BCUT2D eigenvalue weighted by atomic mass is 16.5. The molecule has 0 unspecified atom stereocenters. The van der Waals surface area contributed by atoms with E-state index >= 15 is 0 Å². The van der Waals surface area contributed by atoms with Crippen LogP contribution in [0.5, 0.6) is 0 Å². The minimum Gasteiger partial charge on any atom is -0.381 e. The smallest absolute Gasteiger partial charge is 0.229 e. The third-order valence-electron chi connectivity index (χ3n) is 5.50. The van der Waals surface area contributed by atoms with Crippen molar-refractivity contribution in [2.24, 2.45) is 5.92 Å². The van der Waals surface area contributed by atoms with E-state index in [0.29, 0.717) is 18.0 Å². The lowest BCUT2D eigenvalue weighted by Crippen LogP contribution is -2.33. The molecule has 0 aliphatic heterocycles. The standard InChI is InChI=1S/C19H22N8O/c1-11-4-17-21-10-22-26(17)9-16(11)23-19-20-7-15-12(2)25-27(18(15)24-19)8-13-5-14(6-13)28-3/h4,7,9-10,13-14H,5-6,8H2,1-3H3,(H,20,23,24). The summed E-state index contributed by atoms with van der Waals surface area (Å²) in [6.07, 6.45) is 7.80. The summed E-state index contributed by atoms with van der Waals surface area (Å²) in [6.45, 7) is 4.87. The normalized spacial score (nSPS) is 19.2. The maximum absolute atomic E-state index is 5.39. The molecule has 4 heterocycles. The van der Waals surface area contributed by atoms with Crippen LogP contribution in [0.1, 0.15) is 24.1 Å². The summed E-state index contributed by atoms with van der Waals surface area (Å²) in [4.78, 5) is 13.4. The third kappa shape index (κ3) is 2.88. The Morgan fingerprint density at radius 3 is 2.93 bits per heavy atom. The van der Waals surface area contributed by atoms with Crippen LogP contribution in [0.15, 0.2) is 24.8 Å². The Morgan fingerprint density at radius 1 is 1.25 bits per heavy atom. The van der Waals surface area contributed by atoms with Crippen molar-refractivity contribution >= 4 is 28.3 Å². The molecule has 0 spiro atoms. The molecule has 9 nitrogen and oxygen atoms in total. The van der Waals surface area contributed by atoms with Gasteiger partial charge in [0, 0.05) is 19.9 Å². The van der Waals surface area contributed by atoms with Crippen LogP contribution in [0.4, 0.5) is 11.6 Å². The predicted octanol–water partition coefficient (Wildman–Crippen LogP) is 2.65. The van der Waals surface area contributed by atoms with Gasteiger partial charge in [-0.2, -0.15) is 15.2 Å². The van der Waals surface area contributed by atoms with Gasteiger partial charge in [-0.25, -0.2) is 19.2 Å². The van der Waals surface area contributed by atoms with Crippen LogP contribution >= 0.6 is 0 Å². The number of nitrogens with one attached hydrogen (secondary N) is 1. The van der Waals surface area contributed by atoms with Gasteiger partial charge in [-0.05, 0) is 44.2 Å². The molecule has 4 aromatic heterocycles. The molecule has 0 saturated heterocycles. The zero-order chi connectivity index (χ0) is 19.3. The maximum atomic E-state index is 5.39. The minimum atomic E-state index is 0.384. The van der Waals surface area contributed by atoms with Crippen molar-refractivity contribution in [2.75, 3.05) is 12.4 Å². The number of pyridine rings is 1. The molecule has 0 bridgehead atoms. The van der Waals surface area contributed by atoms with E-state index in [1.165, 1.54) is 6.33 Å². The molecule has 1 aliphatic rings. The summed E-state index contributed by atoms with van der Waals surface area (Å²) >= 11 is 0. The van der Waals surface area contributed by atoms with Crippen molar-refractivity contribution in [1.29, 1.82) is 0 Å². The van der Waals surface area contributed by atoms with Crippen molar-refractivity contribution in [2.45, 2.75) is 39.3 Å². The van der Waals surface area contributed by atoms with Crippen LogP contribution < -0.4 is 5.32 Å². The summed E-state index contributed by atoms with van der Waals surface area (Å²) in [5, 5.41) is 13.2. The fourth-order valence-electron chi connectivity index (χ4n) is 3.76. The summed E-state index contributed by atoms with van der Waals surface area (Å²) in [5.74, 6) is 1.12. The number of nitrogens with zero attached hydrogens (tertiary/aromatic N) is 7. The van der Waals surface area contributed by atoms with Gasteiger partial charge in [0.2, 0.25) is 5.95 Å². The number of aryl methyl sites for hydroxylation is 2. The Kier molecular flexibility index (Phi) is 3.97. The van der Waals surface area contributed by atoms with E-state index in [9.17, 15) is 0 Å². The van der Waals surface area contributed by atoms with Crippen LogP contribution in [0.3, 0.4) is 0 Å². The number of hydrogen-bond donors (Lipinski definition) is 1. The van der Waals surface area contributed by atoms with Crippen LogP contribution in [-0.2, 0) is 11.3 Å². The Labute approximate surface area is 161 Å². The Balaban J connectivity index is 1.45. The lowest BCUT2D eigenvalue weighted by molar-refractivity contribution is -0.00512. The highest BCUT2D eigenvalue weighted by Gasteiger charge is 2.30. The molecule has 1 N–H and O–H groups in total. The van der Waals surface area contributed by atoms with E-state index in [1.54, 1.807) is 11.6 Å². The number of anilines is 2. The number of hydrogen-bond acceptors (Lipinski definition) is 7. The van der Waals surface area contributed by atoms with Gasteiger partial charge in [0.1, 0.15) is 6.33 Å². The highest BCUT2D eigenvalue weighted by Crippen LogP contribution is 2.32. The van der Waals surface area contributed by atoms with Gasteiger partial charge in [0.25, 0.3) is 0 Å². The molecular formula is C19H22N8O. The van der Waals surface area contributed by atoms with Crippen LogP contribution in [0, 0.1) is 19.8 Å². The van der Waals surface area contributed by atoms with Crippen LogP contribution in [0.25, 0.3) is 16.7 Å². The molecule has 5 rings (SSSR count). The van der Waals surface area contributed by atoms with Gasteiger partial charge in [-0.1, -0.05) is 0 Å². The van der Waals surface area contributed by atoms with Crippen molar-refractivity contribution < 1.29 is 4.74 Å². The van der Waals surface area contributed by atoms with E-state index in [2.05, 4.69) is 25.5 Å². The monoisotopic (exact) mass is 378 g/mol. The Hall–Kier alpha value is -3.07. The SMILES string of the molecule is COC1CC(Cn2nc(C)c3cnc(Nc4cn5ncnc5cc4C)nc32)C1. The molecule has 144 valence electrons. The molecule has 0 radical (unpaired) electrons. The quantitative estimate of drug-likeness (QED) is 0.570. The summed E-state index contributed by atoms with van der Waals surface area (Å²) < 4.78 is 9.12. The molecular weight excluding hydrogens is 356 g/mol. The van der Waals surface area contributed by atoms with Gasteiger partial charge in [-0.3, -0.25) is 0 Å². The average molecular weight is 378 g/mol. The summed E-state index contributed by atoms with van der Waals surface area (Å²) in [5.41, 5.74) is 4.55. The number of ether oxygens (including phenoxy) is 1. The van der Waals surface area contributed by atoms with E-state index in [4.69, 9.17) is 9.72 Å². The number of aromatic nitrogens is 7. The summed E-state index contributed by atoms with van der Waals surface area (Å²) in [6, 6.07) is 1.98. The number of methoxy groups -OCH3 is 1. The molecule has 1 aliphatic carbocycles. The summed E-state index contributed by atoms with van der Waals surface area (Å²) in [7, 11) is 1.78. The zero-order valence-electron chi connectivity index (χ0n) is 16.1. The van der Waals surface area contributed by atoms with E-state index in [1.807, 2.05) is 37.0 Å². The third-order valence-corrected chi connectivity index (χ3v) is 5.50. The van der Waals surface area contributed by atoms with E-state index < -0.39 is 0 Å². The van der Waals surface area contributed by atoms with E-state index in [-0.39, 0.29) is 0 Å². The molecule has 9 heteroatoms. The van der Waals surface area contributed by atoms with E-state index in [0.717, 1.165) is 53.0 Å². The van der Waals surface area contributed by atoms with Crippen molar-refractivity contribution in [3.63, 3.8) is 0 Å². The fraction of sp³-hybridized carbons (Fsp3) is 0.421. The molecule has 28 heavy (non-hydrogen) atoms. The topological polar surface area (TPSA) is 95.0 Å². The lowest BCUT2D eigenvalue weighted by Gasteiger charge is -2.33. The first-order valence-corrected chi connectivity index (χ1v) is 9.40. The first-order chi connectivity index (χ1) is 13.6. The molecule has 0 amide bonds. The highest BCUT2D eigenvalue weighted by molar-refractivity contribution is 5.78. The van der Waals surface area contributed by atoms with Crippen LogP contribution in [-0.4, -0.2) is 47.6 Å². The second kappa shape index (κ2) is 6.52. The minimum absolute atomic E-state index is 0.384. The first-order valence-electron chi connectivity index (χ1n) is 9.40. The van der Waals surface area contributed by atoms with Gasteiger partial charge < -0.3 is 10.1 Å². The molecule has 1 saturated carbocycles.